The fourth-order valence-electron chi connectivity index (χ4n) is 1.90. The van der Waals surface area contributed by atoms with E-state index in [1.54, 1.807) is 0 Å². The van der Waals surface area contributed by atoms with Gasteiger partial charge in [-0.3, -0.25) is 4.57 Å². The Balaban J connectivity index is 2.45. The van der Waals surface area contributed by atoms with Crippen LogP contribution in [0.25, 0.3) is 10.4 Å². The van der Waals surface area contributed by atoms with Crippen molar-refractivity contribution in [3.63, 3.8) is 0 Å². The molecular weight excluding hydrogens is 275 g/mol. The molecule has 1 saturated heterocycles. The molecule has 2 unspecified atom stereocenters. The van der Waals surface area contributed by atoms with E-state index in [1.165, 1.54) is 6.07 Å². The van der Waals surface area contributed by atoms with E-state index in [1.807, 2.05) is 0 Å². The van der Waals surface area contributed by atoms with Crippen molar-refractivity contribution in [2.45, 2.75) is 24.2 Å². The third kappa shape index (κ3) is 2.08. The van der Waals surface area contributed by atoms with E-state index < -0.39 is 36.5 Å². The molecule has 1 fully saturated rings. The Kier molecular flexibility index (Phi) is 3.59. The fourth-order valence-corrected chi connectivity index (χ4v) is 1.90. The van der Waals surface area contributed by atoms with Crippen molar-refractivity contribution in [3.8, 4) is 0 Å². The number of aliphatic hydroxyl groups is 2. The summed E-state index contributed by atoms with van der Waals surface area (Å²) in [5.41, 5.74) is 10.6. The third-order valence-corrected chi connectivity index (χ3v) is 2.93. The molecule has 1 aliphatic rings. The molecule has 1 aromatic heterocycles. The van der Waals surface area contributed by atoms with Crippen molar-refractivity contribution in [2.24, 2.45) is 5.11 Å². The molecule has 4 N–H and O–H groups in total. The van der Waals surface area contributed by atoms with Crippen LogP contribution in [0.5, 0.6) is 0 Å². The van der Waals surface area contributed by atoms with E-state index in [9.17, 15) is 19.4 Å². The highest BCUT2D eigenvalue weighted by Gasteiger charge is 2.56. The van der Waals surface area contributed by atoms with Gasteiger partial charge in [-0.25, -0.2) is 9.18 Å². The summed E-state index contributed by atoms with van der Waals surface area (Å²) in [7, 11) is 0. The normalized spacial score (nSPS) is 32.9. The Morgan fingerprint density at radius 1 is 1.75 bits per heavy atom. The summed E-state index contributed by atoms with van der Waals surface area (Å²) in [5.74, 6) is -0.0660. The van der Waals surface area contributed by atoms with E-state index in [0.29, 0.717) is 0 Å². The van der Waals surface area contributed by atoms with Crippen LogP contribution in [0.2, 0.25) is 0 Å². The smallest absolute Gasteiger partial charge is 0.351 e. The number of hydrogen-bond donors (Lipinski definition) is 3. The van der Waals surface area contributed by atoms with Crippen molar-refractivity contribution in [3.05, 3.63) is 33.2 Å². The molecule has 0 aromatic carbocycles. The van der Waals surface area contributed by atoms with Gasteiger partial charge in [0.1, 0.15) is 11.9 Å². The second-order valence-corrected chi connectivity index (χ2v) is 4.13. The first kappa shape index (κ1) is 14.2. The Morgan fingerprint density at radius 2 is 2.45 bits per heavy atom. The van der Waals surface area contributed by atoms with Gasteiger partial charge < -0.3 is 20.7 Å². The molecule has 4 atom stereocenters. The van der Waals surface area contributed by atoms with E-state index >= 15 is 0 Å². The maximum atomic E-state index is 14.1. The van der Waals surface area contributed by atoms with Gasteiger partial charge in [0.25, 0.3) is 0 Å². The highest BCUT2D eigenvalue weighted by Crippen LogP contribution is 2.39. The summed E-state index contributed by atoms with van der Waals surface area (Å²) in [4.78, 5) is 17.4. The molecule has 0 amide bonds. The van der Waals surface area contributed by atoms with Gasteiger partial charge in [0.2, 0.25) is 5.72 Å². The number of nitrogens with two attached hydrogens (primary N) is 1. The van der Waals surface area contributed by atoms with Gasteiger partial charge in [0, 0.05) is 11.1 Å². The Morgan fingerprint density at radius 3 is 3.00 bits per heavy atom. The number of ether oxygens (including phenoxy) is 1. The number of nitrogens with zero attached hydrogens (tertiary/aromatic N) is 5. The summed E-state index contributed by atoms with van der Waals surface area (Å²) in [5, 5.41) is 22.0. The number of hydrogen-bond acceptors (Lipinski definition) is 7. The predicted molar refractivity (Wildman–Crippen MR) is 62.9 cm³/mol. The number of aromatic nitrogens is 2. The lowest BCUT2D eigenvalue weighted by molar-refractivity contribution is -0.124. The molecule has 2 rings (SSSR count). The fraction of sp³-hybridized carbons (Fsp3) is 0.556. The summed E-state index contributed by atoms with van der Waals surface area (Å²) in [6, 6.07) is 1.23. The number of nitrogen functional groups attached to an aromatic ring is 1. The summed E-state index contributed by atoms with van der Waals surface area (Å²) < 4.78 is 19.9. The van der Waals surface area contributed by atoms with Crippen molar-refractivity contribution < 1.29 is 19.3 Å². The highest BCUT2D eigenvalue weighted by molar-refractivity contribution is 5.23. The zero-order chi connectivity index (χ0) is 14.9. The lowest BCUT2D eigenvalue weighted by atomic mass is 10.1. The first-order valence-corrected chi connectivity index (χ1v) is 5.47. The molecule has 1 aromatic rings. The number of alkyl halides is 1. The minimum atomic E-state index is -2.19. The van der Waals surface area contributed by atoms with Gasteiger partial charge in [-0.15, -0.1) is 0 Å². The molecule has 2 heterocycles. The molecule has 20 heavy (non-hydrogen) atoms. The number of anilines is 1. The van der Waals surface area contributed by atoms with E-state index in [-0.39, 0.29) is 5.82 Å². The molecule has 0 spiro atoms. The second-order valence-electron chi connectivity index (χ2n) is 4.13. The molecular formula is C9H11FN6O4. The van der Waals surface area contributed by atoms with Crippen LogP contribution in [0.15, 0.2) is 22.2 Å². The topological polar surface area (TPSA) is 159 Å². The zero-order valence-electron chi connectivity index (χ0n) is 10.00. The molecule has 0 aliphatic carbocycles. The molecule has 0 saturated carbocycles. The van der Waals surface area contributed by atoms with Crippen LogP contribution < -0.4 is 11.4 Å². The largest absolute Gasteiger partial charge is 0.393 e. The molecule has 0 radical (unpaired) electrons. The van der Waals surface area contributed by atoms with Gasteiger partial charge in [-0.2, -0.15) is 4.98 Å². The van der Waals surface area contributed by atoms with Crippen molar-refractivity contribution in [2.75, 3.05) is 12.3 Å². The van der Waals surface area contributed by atoms with E-state index in [4.69, 9.17) is 16.0 Å². The van der Waals surface area contributed by atoms with Crippen LogP contribution >= 0.6 is 0 Å². The van der Waals surface area contributed by atoms with Crippen LogP contribution in [-0.2, 0) is 4.74 Å². The predicted octanol–water partition coefficient (Wildman–Crippen LogP) is -0.948. The Bertz CT molecular complexity index is 617. The minimum absolute atomic E-state index is 0.0660. The van der Waals surface area contributed by atoms with E-state index in [0.717, 1.165) is 10.8 Å². The summed E-state index contributed by atoms with van der Waals surface area (Å²) in [6.07, 6.45) is -4.50. The average Bonchev–Trinajstić information content (AvgIpc) is 2.65. The number of azide groups is 1. The molecule has 108 valence electrons. The molecule has 1 aliphatic heterocycles. The van der Waals surface area contributed by atoms with Gasteiger partial charge in [0.05, 0.1) is 6.61 Å². The SMILES string of the molecule is [N-]=[N+]=N[C@]1(CO)O[C@@H](n2ccc(N)nc2=O)C(F)C1O. The maximum absolute atomic E-state index is 14.1. The summed E-state index contributed by atoms with van der Waals surface area (Å²) >= 11 is 0. The molecule has 0 bridgehead atoms. The average molecular weight is 286 g/mol. The number of aliphatic hydroxyl groups excluding tert-OH is 2. The van der Waals surface area contributed by atoms with Crippen LogP contribution in [0, 0.1) is 0 Å². The lowest BCUT2D eigenvalue weighted by Gasteiger charge is -2.23. The van der Waals surface area contributed by atoms with Crippen LogP contribution in [0.3, 0.4) is 0 Å². The quantitative estimate of drug-likeness (QED) is 0.369. The number of rotatable bonds is 3. The van der Waals surface area contributed by atoms with E-state index in [2.05, 4.69) is 15.0 Å². The zero-order valence-corrected chi connectivity index (χ0v) is 10.00. The van der Waals surface area contributed by atoms with Crippen LogP contribution in [-0.4, -0.2) is 44.4 Å². The maximum Gasteiger partial charge on any atom is 0.351 e. The van der Waals surface area contributed by atoms with Gasteiger partial charge >= 0.3 is 5.69 Å². The van der Waals surface area contributed by atoms with Crippen molar-refractivity contribution in [1.29, 1.82) is 0 Å². The molecule has 10 nitrogen and oxygen atoms in total. The monoisotopic (exact) mass is 286 g/mol. The molecule has 11 heteroatoms. The van der Waals surface area contributed by atoms with Gasteiger partial charge in [0.15, 0.2) is 12.4 Å². The highest BCUT2D eigenvalue weighted by atomic mass is 19.1. The number of halogens is 1. The third-order valence-electron chi connectivity index (χ3n) is 2.93. The first-order valence-electron chi connectivity index (χ1n) is 5.47. The minimum Gasteiger partial charge on any atom is -0.393 e. The van der Waals surface area contributed by atoms with Crippen molar-refractivity contribution >= 4 is 5.82 Å². The van der Waals surface area contributed by atoms with Gasteiger partial charge in [-0.05, 0) is 11.6 Å². The summed E-state index contributed by atoms with van der Waals surface area (Å²) in [6.45, 7) is -0.952. The lowest BCUT2D eigenvalue weighted by Crippen LogP contribution is -2.43. The second kappa shape index (κ2) is 5.06. The van der Waals surface area contributed by atoms with Gasteiger partial charge in [-0.1, -0.05) is 5.11 Å². The Labute approximate surface area is 110 Å². The first-order chi connectivity index (χ1) is 9.45. The van der Waals surface area contributed by atoms with Crippen LogP contribution in [0.4, 0.5) is 10.2 Å². The standard InChI is InChI=1S/C9H11FN6O4/c10-5-6(18)9(3-17,14-15-12)20-7(5)16-2-1-4(11)13-8(16)19/h1-2,5-7,17-18H,3H2,(H2,11,13,19)/t5?,6?,7-,9-/m1/s1. The van der Waals surface area contributed by atoms with Crippen molar-refractivity contribution in [1.82, 2.24) is 9.55 Å². The van der Waals surface area contributed by atoms with Crippen LogP contribution in [0.1, 0.15) is 6.23 Å². The Hall–Kier alpha value is -2.20.